The van der Waals surface area contributed by atoms with Crippen molar-refractivity contribution in [3.05, 3.63) is 35.4 Å². The Hall–Kier alpha value is -1.64. The van der Waals surface area contributed by atoms with Crippen LogP contribution in [-0.4, -0.2) is 9.78 Å². The number of hydrogen-bond donors (Lipinski definition) is 1. The van der Waals surface area contributed by atoms with E-state index >= 15 is 0 Å². The molecule has 1 heterocycles. The summed E-state index contributed by atoms with van der Waals surface area (Å²) in [4.78, 5) is 0. The number of rotatable bonds is 1. The van der Waals surface area contributed by atoms with E-state index < -0.39 is 0 Å². The van der Waals surface area contributed by atoms with Crippen LogP contribution in [-0.2, 0) is 7.05 Å². The van der Waals surface area contributed by atoms with Crippen molar-refractivity contribution in [2.45, 2.75) is 19.8 Å². The fourth-order valence-corrected chi connectivity index (χ4v) is 1.78. The molecule has 0 aliphatic carbocycles. The first kappa shape index (κ1) is 9.90. The molecule has 0 aliphatic heterocycles. The zero-order valence-corrected chi connectivity index (χ0v) is 9.28. The van der Waals surface area contributed by atoms with Crippen molar-refractivity contribution in [3.8, 4) is 0 Å². The fourth-order valence-electron chi connectivity index (χ4n) is 1.78. The molecule has 0 unspecified atom stereocenters. The van der Waals surface area contributed by atoms with Crippen molar-refractivity contribution >= 4 is 10.8 Å². The highest BCUT2D eigenvalue weighted by molar-refractivity contribution is 5.83. The zero-order chi connectivity index (χ0) is 11.0. The molecule has 0 atom stereocenters. The zero-order valence-electron chi connectivity index (χ0n) is 9.28. The third kappa shape index (κ3) is 1.54. The van der Waals surface area contributed by atoms with Crippen molar-refractivity contribution in [1.29, 1.82) is 5.41 Å². The van der Waals surface area contributed by atoms with Gasteiger partial charge < -0.3 is 0 Å². The Morgan fingerprint density at radius 1 is 1.20 bits per heavy atom. The normalized spacial score (nSPS) is 11.2. The Labute approximate surface area is 88.9 Å². The minimum absolute atomic E-state index is 0.377. The van der Waals surface area contributed by atoms with Gasteiger partial charge in [0.05, 0.1) is 5.69 Å². The van der Waals surface area contributed by atoms with Gasteiger partial charge in [-0.2, -0.15) is 5.10 Å². The van der Waals surface area contributed by atoms with E-state index in [1.54, 1.807) is 4.68 Å². The third-order valence-corrected chi connectivity index (χ3v) is 2.59. The van der Waals surface area contributed by atoms with Crippen molar-refractivity contribution in [2.75, 3.05) is 0 Å². The topological polar surface area (TPSA) is 41.7 Å². The van der Waals surface area contributed by atoms with Gasteiger partial charge in [-0.3, -0.25) is 10.1 Å². The van der Waals surface area contributed by atoms with Gasteiger partial charge >= 0.3 is 0 Å². The fraction of sp³-hybridized carbons (Fsp3) is 0.333. The van der Waals surface area contributed by atoms with Crippen LogP contribution in [0.1, 0.15) is 25.5 Å². The number of aromatic nitrogens is 2. The SMILES string of the molecule is CC(C)c1nn(C)c(=N)c2ccccc12. The summed E-state index contributed by atoms with van der Waals surface area (Å²) in [6, 6.07) is 7.97. The van der Waals surface area contributed by atoms with Gasteiger partial charge in [-0.05, 0) is 5.92 Å². The lowest BCUT2D eigenvalue weighted by molar-refractivity contribution is 0.649. The molecule has 78 valence electrons. The van der Waals surface area contributed by atoms with E-state index in [4.69, 9.17) is 5.41 Å². The Morgan fingerprint density at radius 3 is 2.40 bits per heavy atom. The van der Waals surface area contributed by atoms with Crippen LogP contribution in [0.3, 0.4) is 0 Å². The molecule has 0 amide bonds. The average molecular weight is 201 g/mol. The van der Waals surface area contributed by atoms with Crippen LogP contribution >= 0.6 is 0 Å². The van der Waals surface area contributed by atoms with Gasteiger partial charge in [0.25, 0.3) is 0 Å². The van der Waals surface area contributed by atoms with Gasteiger partial charge in [0.15, 0.2) is 0 Å². The predicted octanol–water partition coefficient (Wildman–Crippen LogP) is 2.18. The van der Waals surface area contributed by atoms with E-state index in [9.17, 15) is 0 Å². The first-order valence-electron chi connectivity index (χ1n) is 5.12. The van der Waals surface area contributed by atoms with Gasteiger partial charge in [0.1, 0.15) is 5.49 Å². The van der Waals surface area contributed by atoms with Gasteiger partial charge in [-0.15, -0.1) is 0 Å². The largest absolute Gasteiger partial charge is 0.283 e. The van der Waals surface area contributed by atoms with Crippen LogP contribution in [0.25, 0.3) is 10.8 Å². The number of hydrogen-bond acceptors (Lipinski definition) is 2. The van der Waals surface area contributed by atoms with Crippen molar-refractivity contribution < 1.29 is 0 Å². The molecule has 1 aromatic carbocycles. The number of nitrogens with one attached hydrogen (secondary N) is 1. The molecule has 0 spiro atoms. The first-order valence-corrected chi connectivity index (χ1v) is 5.12. The predicted molar refractivity (Wildman–Crippen MR) is 60.7 cm³/mol. The maximum Gasteiger partial charge on any atom is 0.149 e. The van der Waals surface area contributed by atoms with Crippen LogP contribution in [0.5, 0.6) is 0 Å². The standard InChI is InChI=1S/C12H15N3/c1-8(2)11-9-6-4-5-7-10(9)12(13)15(3)14-11/h4-8,13H,1-3H3. The molecule has 0 aliphatic rings. The van der Waals surface area contributed by atoms with Crippen molar-refractivity contribution in [1.82, 2.24) is 9.78 Å². The molecule has 0 bridgehead atoms. The first-order chi connectivity index (χ1) is 7.11. The molecule has 1 N–H and O–H groups in total. The van der Waals surface area contributed by atoms with Crippen LogP contribution in [0.4, 0.5) is 0 Å². The molecule has 0 saturated carbocycles. The highest BCUT2D eigenvalue weighted by Gasteiger charge is 2.08. The van der Waals surface area contributed by atoms with Gasteiger partial charge in [-0.25, -0.2) is 0 Å². The lowest BCUT2D eigenvalue weighted by Crippen LogP contribution is -2.22. The lowest BCUT2D eigenvalue weighted by atomic mass is 10.0. The molecule has 1 aromatic heterocycles. The number of aryl methyl sites for hydroxylation is 1. The maximum absolute atomic E-state index is 7.93. The second-order valence-electron chi connectivity index (χ2n) is 4.06. The molecular formula is C12H15N3. The number of fused-ring (bicyclic) bond motifs is 1. The number of nitrogens with zero attached hydrogens (tertiary/aromatic N) is 2. The van der Waals surface area contributed by atoms with E-state index in [0.29, 0.717) is 11.4 Å². The molecular weight excluding hydrogens is 186 g/mol. The van der Waals surface area contributed by atoms with Gasteiger partial charge in [0, 0.05) is 17.8 Å². The Balaban J connectivity index is 2.95. The minimum atomic E-state index is 0.377. The Bertz CT molecular complexity index is 552. The van der Waals surface area contributed by atoms with E-state index in [0.717, 1.165) is 16.5 Å². The second-order valence-corrected chi connectivity index (χ2v) is 4.06. The van der Waals surface area contributed by atoms with Gasteiger partial charge in [0.2, 0.25) is 0 Å². The smallest absolute Gasteiger partial charge is 0.149 e. The summed E-state index contributed by atoms with van der Waals surface area (Å²) < 4.78 is 1.64. The van der Waals surface area contributed by atoms with E-state index in [1.165, 1.54) is 0 Å². The van der Waals surface area contributed by atoms with Crippen LogP contribution < -0.4 is 5.49 Å². The highest BCUT2D eigenvalue weighted by Crippen LogP contribution is 2.19. The highest BCUT2D eigenvalue weighted by atomic mass is 15.3. The minimum Gasteiger partial charge on any atom is -0.283 e. The molecule has 3 heteroatoms. The average Bonchev–Trinajstić information content (AvgIpc) is 2.23. The molecule has 0 fully saturated rings. The summed E-state index contributed by atoms with van der Waals surface area (Å²) in [5.41, 5.74) is 1.53. The summed E-state index contributed by atoms with van der Waals surface area (Å²) in [6.45, 7) is 4.25. The van der Waals surface area contributed by atoms with Gasteiger partial charge in [-0.1, -0.05) is 38.1 Å². The van der Waals surface area contributed by atoms with Crippen molar-refractivity contribution in [3.63, 3.8) is 0 Å². The summed E-state index contributed by atoms with van der Waals surface area (Å²) in [5.74, 6) is 0.377. The van der Waals surface area contributed by atoms with Crippen LogP contribution in [0.15, 0.2) is 24.3 Å². The molecule has 15 heavy (non-hydrogen) atoms. The van der Waals surface area contributed by atoms with Crippen LogP contribution in [0, 0.1) is 5.41 Å². The quantitative estimate of drug-likeness (QED) is 0.755. The maximum atomic E-state index is 7.93. The van der Waals surface area contributed by atoms with Crippen LogP contribution in [0.2, 0.25) is 0 Å². The second kappa shape index (κ2) is 3.50. The monoisotopic (exact) mass is 201 g/mol. The molecule has 2 aromatic rings. The molecule has 0 radical (unpaired) electrons. The van der Waals surface area contributed by atoms with E-state index in [1.807, 2.05) is 31.3 Å². The lowest BCUT2D eigenvalue weighted by Gasteiger charge is -2.11. The summed E-state index contributed by atoms with van der Waals surface area (Å²) in [5, 5.41) is 14.4. The Morgan fingerprint density at radius 2 is 1.80 bits per heavy atom. The van der Waals surface area contributed by atoms with E-state index in [-0.39, 0.29) is 0 Å². The summed E-state index contributed by atoms with van der Waals surface area (Å²) >= 11 is 0. The third-order valence-electron chi connectivity index (χ3n) is 2.59. The summed E-state index contributed by atoms with van der Waals surface area (Å²) in [6.07, 6.45) is 0. The summed E-state index contributed by atoms with van der Waals surface area (Å²) in [7, 11) is 1.82. The molecule has 3 nitrogen and oxygen atoms in total. The van der Waals surface area contributed by atoms with E-state index in [2.05, 4.69) is 18.9 Å². The number of benzene rings is 1. The Kier molecular flexibility index (Phi) is 2.31. The molecule has 0 saturated heterocycles. The van der Waals surface area contributed by atoms with Crippen molar-refractivity contribution in [2.24, 2.45) is 7.05 Å². The molecule has 2 rings (SSSR count).